The molecular weight excluding hydrogens is 575 g/mol. The third kappa shape index (κ3) is 4.45. The molecular formula is C32H30F3N5O4. The molecule has 4 aromatic rings. The van der Waals surface area contributed by atoms with Crippen molar-refractivity contribution in [2.45, 2.75) is 43.9 Å². The number of terminal acetylenes is 1. The number of aliphatic hydroxyl groups is 1. The number of rotatable bonds is 6. The molecule has 0 amide bonds. The van der Waals surface area contributed by atoms with Gasteiger partial charge < -0.3 is 24.6 Å². The number of hydrogen-bond donors (Lipinski definition) is 2. The van der Waals surface area contributed by atoms with Crippen molar-refractivity contribution in [3.05, 3.63) is 41.5 Å². The lowest BCUT2D eigenvalue weighted by Crippen LogP contribution is -2.43. The first-order valence-electron chi connectivity index (χ1n) is 14.6. The average Bonchev–Trinajstić information content (AvgIpc) is 3.49. The summed E-state index contributed by atoms with van der Waals surface area (Å²) in [5.74, 6) is 0.863. The van der Waals surface area contributed by atoms with Crippen molar-refractivity contribution in [2.75, 3.05) is 44.4 Å². The third-order valence-corrected chi connectivity index (χ3v) is 9.00. The zero-order valence-electron chi connectivity index (χ0n) is 24.0. The van der Waals surface area contributed by atoms with Crippen molar-refractivity contribution in [3.8, 4) is 41.2 Å². The first kappa shape index (κ1) is 28.4. The van der Waals surface area contributed by atoms with Gasteiger partial charge in [0.25, 0.3) is 0 Å². The van der Waals surface area contributed by atoms with Gasteiger partial charge in [-0.15, -0.1) is 6.42 Å². The molecule has 0 bridgehead atoms. The number of benzene rings is 2. The number of aliphatic hydroxyl groups excluding tert-OH is 1. The first-order chi connectivity index (χ1) is 21.2. The summed E-state index contributed by atoms with van der Waals surface area (Å²) in [7, 11) is 0. The second kappa shape index (κ2) is 10.7. The zero-order chi connectivity index (χ0) is 30.7. The van der Waals surface area contributed by atoms with Crippen molar-refractivity contribution >= 4 is 27.5 Å². The summed E-state index contributed by atoms with van der Waals surface area (Å²) in [6.45, 7) is 3.20. The number of phenolic OH excluding ortho intramolecular Hbond substituents is 1. The highest BCUT2D eigenvalue weighted by Gasteiger charge is 2.49. The van der Waals surface area contributed by atoms with Gasteiger partial charge in [0.2, 0.25) is 5.88 Å². The van der Waals surface area contributed by atoms with Gasteiger partial charge >= 0.3 is 6.01 Å². The van der Waals surface area contributed by atoms with Crippen LogP contribution < -0.4 is 14.4 Å². The van der Waals surface area contributed by atoms with Gasteiger partial charge in [0.15, 0.2) is 5.82 Å². The Bertz CT molecular complexity index is 1850. The fourth-order valence-corrected chi connectivity index (χ4v) is 6.99. The van der Waals surface area contributed by atoms with Crippen LogP contribution in [-0.4, -0.2) is 87.3 Å². The maximum Gasteiger partial charge on any atom is 0.319 e. The second-order valence-corrected chi connectivity index (χ2v) is 11.7. The molecule has 0 unspecified atom stereocenters. The van der Waals surface area contributed by atoms with Crippen LogP contribution in [0.15, 0.2) is 24.3 Å². The monoisotopic (exact) mass is 605 g/mol. The first-order valence-corrected chi connectivity index (χ1v) is 14.6. The van der Waals surface area contributed by atoms with Crippen molar-refractivity contribution < 1.29 is 32.9 Å². The van der Waals surface area contributed by atoms with E-state index in [2.05, 4.69) is 25.8 Å². The maximum atomic E-state index is 16.8. The van der Waals surface area contributed by atoms with Crippen LogP contribution in [0, 0.1) is 24.0 Å². The number of anilines is 1. The van der Waals surface area contributed by atoms with Crippen molar-refractivity contribution in [2.24, 2.45) is 0 Å². The summed E-state index contributed by atoms with van der Waals surface area (Å²) in [4.78, 5) is 17.5. The van der Waals surface area contributed by atoms with Crippen molar-refractivity contribution in [1.29, 1.82) is 0 Å². The molecule has 7 rings (SSSR count). The van der Waals surface area contributed by atoms with Crippen LogP contribution in [0.3, 0.4) is 0 Å². The van der Waals surface area contributed by atoms with Gasteiger partial charge in [-0.05, 0) is 49.9 Å². The molecule has 0 spiro atoms. The molecule has 9 nitrogen and oxygen atoms in total. The number of phenols is 1. The van der Waals surface area contributed by atoms with E-state index < -0.39 is 23.3 Å². The van der Waals surface area contributed by atoms with Crippen LogP contribution in [0.4, 0.5) is 19.0 Å². The molecule has 0 radical (unpaired) electrons. The van der Waals surface area contributed by atoms with E-state index in [4.69, 9.17) is 15.9 Å². The van der Waals surface area contributed by atoms with Crippen LogP contribution in [0.25, 0.3) is 32.9 Å². The molecule has 2 aromatic heterocycles. The van der Waals surface area contributed by atoms with Crippen molar-refractivity contribution in [3.63, 3.8) is 0 Å². The fourth-order valence-electron chi connectivity index (χ4n) is 6.99. The van der Waals surface area contributed by atoms with Gasteiger partial charge in [0.05, 0.1) is 23.8 Å². The Kier molecular flexibility index (Phi) is 6.90. The molecule has 3 aliphatic heterocycles. The van der Waals surface area contributed by atoms with Gasteiger partial charge in [-0.1, -0.05) is 12.0 Å². The van der Waals surface area contributed by atoms with Crippen LogP contribution in [0.5, 0.6) is 17.6 Å². The van der Waals surface area contributed by atoms with E-state index in [-0.39, 0.29) is 89.0 Å². The standard InChI is InChI=1S/C32H30F3N5O4/c1-3-21-23(34)6-5-18-11-20(42)12-22(24(18)21)27-26(35)28-25-29(40(9-10-41)17(2)15-43-30(25)36-27)38-31(37-28)44-16-32-7-4-8-39(32)14-19(33)13-32/h1,5-6,11-12,17,19,41-42H,4,7-10,13-16H2,2H3/t17-,19+,32-/m0/s1. The quantitative estimate of drug-likeness (QED) is 0.311. The number of nitrogens with zero attached hydrogens (tertiary/aromatic N) is 5. The van der Waals surface area contributed by atoms with Crippen molar-refractivity contribution in [1.82, 2.24) is 19.9 Å². The maximum absolute atomic E-state index is 16.8. The number of aromatic nitrogens is 3. The molecule has 0 saturated carbocycles. The molecule has 12 heteroatoms. The molecule has 2 fully saturated rings. The summed E-state index contributed by atoms with van der Waals surface area (Å²) in [5.41, 5.74) is -0.974. The second-order valence-electron chi connectivity index (χ2n) is 11.7. The highest BCUT2D eigenvalue weighted by Crippen LogP contribution is 2.44. The molecule has 2 N–H and O–H groups in total. The highest BCUT2D eigenvalue weighted by atomic mass is 19.1. The molecule has 3 atom stereocenters. The van der Waals surface area contributed by atoms with Gasteiger partial charge in [-0.25, -0.2) is 18.2 Å². The number of fused-ring (bicyclic) bond motifs is 2. The summed E-state index contributed by atoms with van der Waals surface area (Å²) in [6.07, 6.45) is 6.73. The van der Waals surface area contributed by atoms with E-state index in [1.54, 1.807) is 4.90 Å². The van der Waals surface area contributed by atoms with E-state index >= 15 is 4.39 Å². The van der Waals surface area contributed by atoms with Gasteiger partial charge in [-0.3, -0.25) is 4.90 Å². The summed E-state index contributed by atoms with van der Waals surface area (Å²) in [6, 6.07) is 4.88. The zero-order valence-corrected chi connectivity index (χ0v) is 24.0. The Balaban J connectivity index is 1.44. The Morgan fingerprint density at radius 2 is 2.05 bits per heavy atom. The highest BCUT2D eigenvalue weighted by molar-refractivity contribution is 6.04. The van der Waals surface area contributed by atoms with Gasteiger partial charge in [0.1, 0.15) is 53.4 Å². The summed E-state index contributed by atoms with van der Waals surface area (Å²) in [5, 5.41) is 21.2. The molecule has 2 aromatic carbocycles. The normalized spacial score (nSPS) is 23.0. The number of ether oxygens (including phenoxy) is 2. The van der Waals surface area contributed by atoms with Gasteiger partial charge in [0, 0.05) is 30.5 Å². The van der Waals surface area contributed by atoms with E-state index in [9.17, 15) is 19.0 Å². The van der Waals surface area contributed by atoms with E-state index in [0.717, 1.165) is 19.4 Å². The summed E-state index contributed by atoms with van der Waals surface area (Å²) < 4.78 is 58.2. The molecule has 5 heterocycles. The predicted octanol–water partition coefficient (Wildman–Crippen LogP) is 4.34. The third-order valence-electron chi connectivity index (χ3n) is 9.00. The van der Waals surface area contributed by atoms with Crippen LogP contribution in [-0.2, 0) is 0 Å². The minimum absolute atomic E-state index is 0.0250. The van der Waals surface area contributed by atoms with E-state index in [0.29, 0.717) is 18.4 Å². The summed E-state index contributed by atoms with van der Waals surface area (Å²) >= 11 is 0. The lowest BCUT2D eigenvalue weighted by Gasteiger charge is -2.31. The number of alkyl halides is 1. The fraction of sp³-hybridized carbons (Fsp3) is 0.406. The largest absolute Gasteiger partial charge is 0.508 e. The Hall–Kier alpha value is -4.34. The molecule has 2 saturated heterocycles. The molecule has 0 aliphatic carbocycles. The van der Waals surface area contributed by atoms with E-state index in [1.165, 1.54) is 24.3 Å². The smallest absolute Gasteiger partial charge is 0.319 e. The predicted molar refractivity (Wildman–Crippen MR) is 158 cm³/mol. The molecule has 44 heavy (non-hydrogen) atoms. The number of halogens is 3. The Morgan fingerprint density at radius 3 is 2.84 bits per heavy atom. The van der Waals surface area contributed by atoms with Gasteiger partial charge in [-0.2, -0.15) is 9.97 Å². The minimum Gasteiger partial charge on any atom is -0.508 e. The van der Waals surface area contributed by atoms with Crippen LogP contribution in [0.2, 0.25) is 0 Å². The lowest BCUT2D eigenvalue weighted by molar-refractivity contribution is 0.107. The molecule has 228 valence electrons. The molecule has 3 aliphatic rings. The Labute approximate surface area is 251 Å². The number of aromatic hydroxyl groups is 1. The average molecular weight is 606 g/mol. The van der Waals surface area contributed by atoms with E-state index in [1.807, 2.05) is 6.92 Å². The number of hydrogen-bond acceptors (Lipinski definition) is 9. The Morgan fingerprint density at radius 1 is 1.20 bits per heavy atom. The number of pyridine rings is 1. The topological polar surface area (TPSA) is 104 Å². The number of β-amino-alcohol motifs (C(OH)–C–C–N with tert-alkyl or cyclic N) is 1. The van der Waals surface area contributed by atoms with Crippen LogP contribution >= 0.6 is 0 Å². The minimum atomic E-state index is -0.956. The lowest BCUT2D eigenvalue weighted by atomic mass is 9.95. The van der Waals surface area contributed by atoms with Crippen LogP contribution in [0.1, 0.15) is 31.7 Å². The SMILES string of the molecule is C#Cc1c(F)ccc2cc(O)cc(-c3nc4c5c(nc(OC[C@@]67CCCN6C[C@H](F)C7)nc5c3F)N(CCO)[C@@H](C)CO4)c12.